The SMILES string of the molecule is Cn1ncnc1CC(O)c1cccc(S(C)(=O)=O)c1. The van der Waals surface area contributed by atoms with Crippen molar-refractivity contribution < 1.29 is 13.5 Å². The lowest BCUT2D eigenvalue weighted by atomic mass is 10.1. The zero-order valence-electron chi connectivity index (χ0n) is 10.7. The van der Waals surface area contributed by atoms with Crippen LogP contribution >= 0.6 is 0 Å². The number of hydrogen-bond acceptors (Lipinski definition) is 5. The van der Waals surface area contributed by atoms with E-state index in [1.807, 2.05) is 0 Å². The number of aliphatic hydroxyl groups is 1. The first-order valence-corrected chi connectivity index (χ1v) is 7.58. The van der Waals surface area contributed by atoms with Gasteiger partial charge >= 0.3 is 0 Å². The fraction of sp³-hybridized carbons (Fsp3) is 0.333. The molecule has 1 heterocycles. The molecule has 1 atom stereocenters. The van der Waals surface area contributed by atoms with Gasteiger partial charge in [0.2, 0.25) is 0 Å². The first-order chi connectivity index (χ1) is 8.88. The molecule has 2 rings (SSSR count). The Bertz CT molecular complexity index is 679. The molecule has 0 saturated heterocycles. The molecule has 2 aromatic rings. The van der Waals surface area contributed by atoms with Crippen LogP contribution in [-0.4, -0.2) is 34.5 Å². The molecule has 1 unspecified atom stereocenters. The topological polar surface area (TPSA) is 85.1 Å². The summed E-state index contributed by atoms with van der Waals surface area (Å²) in [5, 5.41) is 14.0. The Labute approximate surface area is 111 Å². The molecule has 0 amide bonds. The van der Waals surface area contributed by atoms with Gasteiger partial charge in [-0.2, -0.15) is 5.10 Å². The van der Waals surface area contributed by atoms with E-state index in [4.69, 9.17) is 0 Å². The molecule has 0 aliphatic carbocycles. The first-order valence-electron chi connectivity index (χ1n) is 5.69. The normalized spacial score (nSPS) is 13.4. The molecular weight excluding hydrogens is 266 g/mol. The molecular formula is C12H15N3O3S. The maximum absolute atomic E-state index is 11.5. The van der Waals surface area contributed by atoms with Gasteiger partial charge in [-0.3, -0.25) is 4.68 Å². The molecule has 1 N–H and O–H groups in total. The van der Waals surface area contributed by atoms with E-state index in [0.29, 0.717) is 11.4 Å². The second-order valence-electron chi connectivity index (χ2n) is 4.36. The highest BCUT2D eigenvalue weighted by atomic mass is 32.2. The first kappa shape index (κ1) is 13.7. The standard InChI is InChI=1S/C12H15N3O3S/c1-15-12(13-8-14-15)7-11(16)9-4-3-5-10(6-9)19(2,17)18/h3-6,8,11,16H,7H2,1-2H3. The number of sulfone groups is 1. The number of benzene rings is 1. The van der Waals surface area contributed by atoms with Crippen LogP contribution in [0.3, 0.4) is 0 Å². The Hall–Kier alpha value is -1.73. The maximum Gasteiger partial charge on any atom is 0.175 e. The van der Waals surface area contributed by atoms with E-state index in [-0.39, 0.29) is 11.3 Å². The van der Waals surface area contributed by atoms with E-state index >= 15 is 0 Å². The second kappa shape index (κ2) is 5.10. The third-order valence-electron chi connectivity index (χ3n) is 2.85. The van der Waals surface area contributed by atoms with Crippen LogP contribution < -0.4 is 0 Å². The van der Waals surface area contributed by atoms with Gasteiger partial charge in [0.25, 0.3) is 0 Å². The summed E-state index contributed by atoms with van der Waals surface area (Å²) in [6.07, 6.45) is 2.02. The Balaban J connectivity index is 2.25. The molecule has 19 heavy (non-hydrogen) atoms. The number of hydrogen-bond donors (Lipinski definition) is 1. The number of nitrogens with zero attached hydrogens (tertiary/aromatic N) is 3. The average Bonchev–Trinajstić information content (AvgIpc) is 2.74. The molecule has 0 fully saturated rings. The van der Waals surface area contributed by atoms with Gasteiger partial charge in [0.05, 0.1) is 11.0 Å². The van der Waals surface area contributed by atoms with Crippen LogP contribution in [0.4, 0.5) is 0 Å². The van der Waals surface area contributed by atoms with Crippen LogP contribution in [0.25, 0.3) is 0 Å². The van der Waals surface area contributed by atoms with Crippen LogP contribution in [0, 0.1) is 0 Å². The van der Waals surface area contributed by atoms with Crippen molar-refractivity contribution in [2.24, 2.45) is 7.05 Å². The van der Waals surface area contributed by atoms with Gasteiger partial charge in [-0.15, -0.1) is 0 Å². The number of aliphatic hydroxyl groups excluding tert-OH is 1. The van der Waals surface area contributed by atoms with Gasteiger partial charge in [-0.25, -0.2) is 13.4 Å². The summed E-state index contributed by atoms with van der Waals surface area (Å²) in [5.41, 5.74) is 0.547. The third-order valence-corrected chi connectivity index (χ3v) is 3.96. The smallest absolute Gasteiger partial charge is 0.175 e. The highest BCUT2D eigenvalue weighted by molar-refractivity contribution is 7.90. The fourth-order valence-electron chi connectivity index (χ4n) is 1.75. The van der Waals surface area contributed by atoms with Crippen LogP contribution in [0.2, 0.25) is 0 Å². The van der Waals surface area contributed by atoms with Gasteiger partial charge in [0, 0.05) is 19.7 Å². The molecule has 6 nitrogen and oxygen atoms in total. The minimum Gasteiger partial charge on any atom is -0.388 e. The lowest BCUT2D eigenvalue weighted by Crippen LogP contribution is -2.08. The van der Waals surface area contributed by atoms with E-state index < -0.39 is 15.9 Å². The minimum absolute atomic E-state index is 0.196. The molecule has 1 aromatic heterocycles. The summed E-state index contributed by atoms with van der Waals surface area (Å²) in [6, 6.07) is 6.30. The minimum atomic E-state index is -3.27. The van der Waals surface area contributed by atoms with Crippen molar-refractivity contribution in [3.63, 3.8) is 0 Å². The van der Waals surface area contributed by atoms with Gasteiger partial charge in [0.15, 0.2) is 9.84 Å². The van der Waals surface area contributed by atoms with Crippen LogP contribution in [-0.2, 0) is 23.3 Å². The van der Waals surface area contributed by atoms with Crippen molar-refractivity contribution in [3.8, 4) is 0 Å². The van der Waals surface area contributed by atoms with Crippen LogP contribution in [0.15, 0.2) is 35.5 Å². The molecule has 0 saturated carbocycles. The highest BCUT2D eigenvalue weighted by Gasteiger charge is 2.14. The van der Waals surface area contributed by atoms with Crippen molar-refractivity contribution in [1.29, 1.82) is 0 Å². The molecule has 0 radical (unpaired) electrons. The summed E-state index contributed by atoms with van der Waals surface area (Å²) < 4.78 is 24.5. The summed E-state index contributed by atoms with van der Waals surface area (Å²) >= 11 is 0. The maximum atomic E-state index is 11.5. The molecule has 0 bridgehead atoms. The summed E-state index contributed by atoms with van der Waals surface area (Å²) in [4.78, 5) is 4.22. The molecule has 1 aromatic carbocycles. The Morgan fingerprint density at radius 1 is 1.42 bits per heavy atom. The summed E-state index contributed by atoms with van der Waals surface area (Å²) in [5.74, 6) is 0.636. The second-order valence-corrected chi connectivity index (χ2v) is 6.38. The molecule has 7 heteroatoms. The predicted molar refractivity (Wildman–Crippen MR) is 69.2 cm³/mol. The number of rotatable bonds is 4. The van der Waals surface area contributed by atoms with Gasteiger partial charge in [0.1, 0.15) is 12.2 Å². The Kier molecular flexibility index (Phi) is 3.68. The van der Waals surface area contributed by atoms with E-state index in [9.17, 15) is 13.5 Å². The lowest BCUT2D eigenvalue weighted by Gasteiger charge is -2.11. The van der Waals surface area contributed by atoms with Crippen molar-refractivity contribution in [3.05, 3.63) is 42.0 Å². The molecule has 0 aliphatic rings. The van der Waals surface area contributed by atoms with Crippen molar-refractivity contribution in [2.45, 2.75) is 17.4 Å². The number of aromatic nitrogens is 3. The quantitative estimate of drug-likeness (QED) is 0.882. The van der Waals surface area contributed by atoms with Crippen LogP contribution in [0.5, 0.6) is 0 Å². The zero-order valence-corrected chi connectivity index (χ0v) is 11.5. The monoisotopic (exact) mass is 281 g/mol. The average molecular weight is 281 g/mol. The van der Waals surface area contributed by atoms with E-state index in [0.717, 1.165) is 6.26 Å². The highest BCUT2D eigenvalue weighted by Crippen LogP contribution is 2.20. The van der Waals surface area contributed by atoms with Gasteiger partial charge in [-0.1, -0.05) is 12.1 Å². The van der Waals surface area contributed by atoms with Crippen molar-refractivity contribution >= 4 is 9.84 Å². The van der Waals surface area contributed by atoms with Crippen LogP contribution in [0.1, 0.15) is 17.5 Å². The van der Waals surface area contributed by atoms with E-state index in [1.165, 1.54) is 18.5 Å². The van der Waals surface area contributed by atoms with E-state index in [2.05, 4.69) is 10.1 Å². The molecule has 0 aliphatic heterocycles. The number of aryl methyl sites for hydroxylation is 1. The zero-order chi connectivity index (χ0) is 14.0. The summed E-state index contributed by atoms with van der Waals surface area (Å²) in [6.45, 7) is 0. The third kappa shape index (κ3) is 3.18. The van der Waals surface area contributed by atoms with Gasteiger partial charge < -0.3 is 5.11 Å². The fourth-order valence-corrected chi connectivity index (χ4v) is 2.42. The largest absolute Gasteiger partial charge is 0.388 e. The Morgan fingerprint density at radius 3 is 2.74 bits per heavy atom. The van der Waals surface area contributed by atoms with Crippen molar-refractivity contribution in [2.75, 3.05) is 6.26 Å². The predicted octanol–water partition coefficient (Wildman–Crippen LogP) is 0.495. The molecule has 102 valence electrons. The van der Waals surface area contributed by atoms with Gasteiger partial charge in [-0.05, 0) is 17.7 Å². The Morgan fingerprint density at radius 2 is 2.16 bits per heavy atom. The summed E-state index contributed by atoms with van der Waals surface area (Å²) in [7, 11) is -1.54. The van der Waals surface area contributed by atoms with E-state index in [1.54, 1.807) is 23.9 Å². The lowest BCUT2D eigenvalue weighted by molar-refractivity contribution is 0.174. The van der Waals surface area contributed by atoms with Crippen molar-refractivity contribution in [1.82, 2.24) is 14.8 Å². The molecule has 0 spiro atoms.